The third kappa shape index (κ3) is 9.88. The predicted molar refractivity (Wildman–Crippen MR) is 142 cm³/mol. The lowest BCUT2D eigenvalue weighted by atomic mass is 9.80. The van der Waals surface area contributed by atoms with Crippen LogP contribution in [-0.4, -0.2) is 60.4 Å². The van der Waals surface area contributed by atoms with Crippen molar-refractivity contribution in [3.05, 3.63) is 65.5 Å². The molecule has 0 spiro atoms. The summed E-state index contributed by atoms with van der Waals surface area (Å²) in [5.74, 6) is -1.58. The Kier molecular flexibility index (Phi) is 12.6. The summed E-state index contributed by atoms with van der Waals surface area (Å²) in [6.07, 6.45) is 8.88. The second-order valence-electron chi connectivity index (χ2n) is 9.05. The van der Waals surface area contributed by atoms with Gasteiger partial charge in [-0.3, -0.25) is 0 Å². The first-order valence-electron chi connectivity index (χ1n) is 12.7. The number of nitrogens with zero attached hydrogens (tertiary/aromatic N) is 1. The standard InChI is InChI=1S/C27H36FNO2.C2H2O4/c1-4-6-7-16-29-17-15-25(22-10-12-24(28)13-11-22)23(19-29)20-31-26-14-9-21(8-5-2)18-27(26)30-3;3-1(4)2(5)6/h5,8-14,18,23,25H,4,6-7,15-17,19-20H2,1-3H3;(H,3,4)(H,5,6)/t23-,25-;/m0./s1. The summed E-state index contributed by atoms with van der Waals surface area (Å²) >= 11 is 0. The quantitative estimate of drug-likeness (QED) is 0.310. The van der Waals surface area contributed by atoms with Gasteiger partial charge in [0.05, 0.1) is 13.7 Å². The zero-order chi connectivity index (χ0) is 27.2. The minimum Gasteiger partial charge on any atom is -0.493 e. The van der Waals surface area contributed by atoms with E-state index < -0.39 is 11.9 Å². The average Bonchev–Trinajstić information content (AvgIpc) is 2.89. The number of hydrogen-bond donors (Lipinski definition) is 2. The third-order valence-electron chi connectivity index (χ3n) is 6.38. The van der Waals surface area contributed by atoms with Crippen molar-refractivity contribution < 1.29 is 33.7 Å². The number of allylic oxidation sites excluding steroid dienone is 1. The Hall–Kier alpha value is -3.39. The Morgan fingerprint density at radius 2 is 1.78 bits per heavy atom. The number of methoxy groups -OCH3 is 1. The molecule has 0 unspecified atom stereocenters. The van der Waals surface area contributed by atoms with Crippen LogP contribution in [0.3, 0.4) is 0 Å². The SMILES string of the molecule is CC=Cc1ccc(OC[C@@H]2CN(CCCCC)CC[C@H]2c2ccc(F)cc2)c(OC)c1.O=C(O)C(=O)O. The zero-order valence-corrected chi connectivity index (χ0v) is 21.9. The van der Waals surface area contributed by atoms with Crippen LogP contribution in [0.1, 0.15) is 56.6 Å². The van der Waals surface area contributed by atoms with Gasteiger partial charge in [-0.15, -0.1) is 0 Å². The Bertz CT molecular complexity index is 1010. The number of halogens is 1. The van der Waals surface area contributed by atoms with E-state index in [1.807, 2.05) is 49.4 Å². The number of unbranched alkanes of at least 4 members (excludes halogenated alkanes) is 2. The number of ether oxygens (including phenoxy) is 2. The van der Waals surface area contributed by atoms with Crippen LogP contribution in [0.5, 0.6) is 11.5 Å². The zero-order valence-electron chi connectivity index (χ0n) is 21.9. The first-order valence-corrected chi connectivity index (χ1v) is 12.7. The molecule has 2 aromatic rings. The Labute approximate surface area is 218 Å². The maximum absolute atomic E-state index is 13.5. The summed E-state index contributed by atoms with van der Waals surface area (Å²) in [4.78, 5) is 20.8. The van der Waals surface area contributed by atoms with Gasteiger partial charge in [0.1, 0.15) is 5.82 Å². The van der Waals surface area contributed by atoms with Gasteiger partial charge in [0.15, 0.2) is 11.5 Å². The van der Waals surface area contributed by atoms with Crippen LogP contribution in [0, 0.1) is 11.7 Å². The Morgan fingerprint density at radius 3 is 2.38 bits per heavy atom. The van der Waals surface area contributed by atoms with Crippen LogP contribution in [0.4, 0.5) is 4.39 Å². The molecule has 1 aliphatic heterocycles. The first kappa shape index (κ1) is 29.8. The molecule has 2 N–H and O–H groups in total. The van der Waals surface area contributed by atoms with Crippen LogP contribution >= 0.6 is 0 Å². The molecule has 3 rings (SSSR count). The molecule has 7 nitrogen and oxygen atoms in total. The smallest absolute Gasteiger partial charge is 0.414 e. The fourth-order valence-electron chi connectivity index (χ4n) is 4.51. The van der Waals surface area contributed by atoms with Crippen molar-refractivity contribution in [1.29, 1.82) is 0 Å². The number of piperidine rings is 1. The van der Waals surface area contributed by atoms with Crippen molar-refractivity contribution in [2.75, 3.05) is 33.4 Å². The van der Waals surface area contributed by atoms with E-state index in [1.54, 1.807) is 19.2 Å². The molecule has 1 fully saturated rings. The molecule has 202 valence electrons. The van der Waals surface area contributed by atoms with Crippen molar-refractivity contribution in [2.24, 2.45) is 5.92 Å². The van der Waals surface area contributed by atoms with Gasteiger partial charge in [-0.25, -0.2) is 14.0 Å². The molecule has 0 aromatic heterocycles. The van der Waals surface area contributed by atoms with Crippen molar-refractivity contribution in [3.8, 4) is 11.5 Å². The number of rotatable bonds is 10. The summed E-state index contributed by atoms with van der Waals surface area (Å²) < 4.78 is 25.3. The largest absolute Gasteiger partial charge is 0.493 e. The van der Waals surface area contributed by atoms with Crippen LogP contribution in [0.2, 0.25) is 0 Å². The van der Waals surface area contributed by atoms with Gasteiger partial charge in [0.25, 0.3) is 0 Å². The molecule has 1 aliphatic rings. The highest BCUT2D eigenvalue weighted by molar-refractivity contribution is 6.27. The first-order chi connectivity index (χ1) is 17.8. The lowest BCUT2D eigenvalue weighted by molar-refractivity contribution is -0.159. The number of carboxylic acid groups (broad SMARTS) is 2. The van der Waals surface area contributed by atoms with Gasteiger partial charge in [0, 0.05) is 12.5 Å². The normalized spacial score (nSPS) is 17.6. The summed E-state index contributed by atoms with van der Waals surface area (Å²) in [5, 5.41) is 14.8. The highest BCUT2D eigenvalue weighted by atomic mass is 19.1. The summed E-state index contributed by atoms with van der Waals surface area (Å²) in [5.41, 5.74) is 2.30. The van der Waals surface area contributed by atoms with Crippen molar-refractivity contribution in [1.82, 2.24) is 4.90 Å². The van der Waals surface area contributed by atoms with E-state index in [0.29, 0.717) is 18.4 Å². The van der Waals surface area contributed by atoms with Crippen molar-refractivity contribution in [2.45, 2.75) is 45.4 Å². The molecule has 2 aromatic carbocycles. The van der Waals surface area contributed by atoms with Gasteiger partial charge in [-0.2, -0.15) is 0 Å². The molecule has 0 saturated carbocycles. The maximum Gasteiger partial charge on any atom is 0.414 e. The highest BCUT2D eigenvalue weighted by Gasteiger charge is 2.31. The van der Waals surface area contributed by atoms with Gasteiger partial charge < -0.3 is 24.6 Å². The minimum absolute atomic E-state index is 0.181. The number of carboxylic acids is 2. The number of aliphatic carboxylic acids is 2. The summed E-state index contributed by atoms with van der Waals surface area (Å²) in [6.45, 7) is 8.09. The fourth-order valence-corrected chi connectivity index (χ4v) is 4.51. The van der Waals surface area contributed by atoms with E-state index in [4.69, 9.17) is 29.3 Å². The summed E-state index contributed by atoms with van der Waals surface area (Å²) in [7, 11) is 1.68. The molecule has 0 aliphatic carbocycles. The van der Waals surface area contributed by atoms with Gasteiger partial charge in [-0.1, -0.05) is 50.1 Å². The molecule has 1 saturated heterocycles. The second kappa shape index (κ2) is 15.7. The summed E-state index contributed by atoms with van der Waals surface area (Å²) in [6, 6.07) is 13.1. The van der Waals surface area contributed by atoms with E-state index in [1.165, 1.54) is 24.8 Å². The van der Waals surface area contributed by atoms with Gasteiger partial charge >= 0.3 is 11.9 Å². The lowest BCUT2D eigenvalue weighted by Gasteiger charge is -2.39. The molecule has 0 amide bonds. The van der Waals surface area contributed by atoms with Crippen LogP contribution < -0.4 is 9.47 Å². The van der Waals surface area contributed by atoms with Gasteiger partial charge in [-0.05, 0) is 74.2 Å². The van der Waals surface area contributed by atoms with E-state index >= 15 is 0 Å². The molecule has 0 bridgehead atoms. The molecule has 0 radical (unpaired) electrons. The van der Waals surface area contributed by atoms with E-state index in [0.717, 1.165) is 43.1 Å². The number of carbonyl (C=O) groups is 2. The average molecular weight is 516 g/mol. The van der Waals surface area contributed by atoms with E-state index in [9.17, 15) is 4.39 Å². The number of benzene rings is 2. The predicted octanol–water partition coefficient (Wildman–Crippen LogP) is 5.70. The van der Waals surface area contributed by atoms with Crippen LogP contribution in [0.25, 0.3) is 6.08 Å². The monoisotopic (exact) mass is 515 g/mol. The molecular formula is C29H38FNO6. The fraction of sp³-hybridized carbons (Fsp3) is 0.448. The van der Waals surface area contributed by atoms with E-state index in [-0.39, 0.29) is 5.82 Å². The Morgan fingerprint density at radius 1 is 1.08 bits per heavy atom. The van der Waals surface area contributed by atoms with E-state index in [2.05, 4.69) is 11.8 Å². The lowest BCUT2D eigenvalue weighted by Crippen LogP contribution is -2.42. The van der Waals surface area contributed by atoms with Crippen LogP contribution in [-0.2, 0) is 9.59 Å². The number of hydrogen-bond acceptors (Lipinski definition) is 5. The highest BCUT2D eigenvalue weighted by Crippen LogP contribution is 2.35. The van der Waals surface area contributed by atoms with Gasteiger partial charge in [0.2, 0.25) is 0 Å². The molecule has 37 heavy (non-hydrogen) atoms. The second-order valence-corrected chi connectivity index (χ2v) is 9.05. The topological polar surface area (TPSA) is 96.3 Å². The molecule has 1 heterocycles. The third-order valence-corrected chi connectivity index (χ3v) is 6.38. The molecular weight excluding hydrogens is 477 g/mol. The molecule has 2 atom stereocenters. The Balaban J connectivity index is 0.000000717. The van der Waals surface area contributed by atoms with Crippen molar-refractivity contribution in [3.63, 3.8) is 0 Å². The van der Waals surface area contributed by atoms with Crippen LogP contribution in [0.15, 0.2) is 48.5 Å². The number of likely N-dealkylation sites (tertiary alicyclic amines) is 1. The maximum atomic E-state index is 13.5. The molecule has 8 heteroatoms. The minimum atomic E-state index is -1.82. The van der Waals surface area contributed by atoms with Crippen molar-refractivity contribution >= 4 is 18.0 Å².